The van der Waals surface area contributed by atoms with Crippen molar-refractivity contribution in [1.82, 2.24) is 0 Å². The minimum absolute atomic E-state index is 0.0579. The van der Waals surface area contributed by atoms with Crippen molar-refractivity contribution in [3.63, 3.8) is 0 Å². The highest BCUT2D eigenvalue weighted by atomic mass is 19.3. The van der Waals surface area contributed by atoms with Gasteiger partial charge in [0, 0.05) is 0 Å². The Labute approximate surface area is 151 Å². The van der Waals surface area contributed by atoms with E-state index in [1.165, 1.54) is 11.6 Å². The zero-order valence-corrected chi connectivity index (χ0v) is 14.3. The van der Waals surface area contributed by atoms with Gasteiger partial charge in [-0.15, -0.1) is 8.78 Å². The van der Waals surface area contributed by atoms with Gasteiger partial charge < -0.3 is 9.47 Å². The minimum atomic E-state index is -3.59. The highest BCUT2D eigenvalue weighted by Gasteiger charge is 2.43. The Hall–Kier alpha value is -2.88. The number of benzene rings is 3. The first-order chi connectivity index (χ1) is 12.5. The molecule has 1 heterocycles. The molecule has 3 aromatic rings. The first kappa shape index (κ1) is 16.6. The Morgan fingerprint density at radius 3 is 1.81 bits per heavy atom. The molecule has 0 saturated heterocycles. The van der Waals surface area contributed by atoms with Crippen molar-refractivity contribution in [2.45, 2.75) is 26.1 Å². The molecule has 0 amide bonds. The lowest BCUT2D eigenvalue weighted by Crippen LogP contribution is -2.25. The third-order valence-corrected chi connectivity index (χ3v) is 4.45. The molecule has 132 valence electrons. The second-order valence-electron chi connectivity index (χ2n) is 6.35. The van der Waals surface area contributed by atoms with Gasteiger partial charge in [0.25, 0.3) is 0 Å². The number of hydrogen-bond acceptors (Lipinski definition) is 2. The molecule has 0 atom stereocenters. The Bertz CT molecular complexity index is 916. The summed E-state index contributed by atoms with van der Waals surface area (Å²) < 4.78 is 35.2. The normalized spacial score (nSPS) is 14.4. The molecule has 1 aliphatic rings. The van der Waals surface area contributed by atoms with Crippen LogP contribution in [0.25, 0.3) is 22.3 Å². The van der Waals surface area contributed by atoms with Crippen LogP contribution in [0.3, 0.4) is 0 Å². The fraction of sp³-hybridized carbons (Fsp3) is 0.182. The van der Waals surface area contributed by atoms with Crippen molar-refractivity contribution in [3.05, 3.63) is 72.3 Å². The van der Waals surface area contributed by atoms with Crippen LogP contribution < -0.4 is 9.47 Å². The number of alkyl halides is 2. The highest BCUT2D eigenvalue weighted by molar-refractivity contribution is 5.72. The molecule has 0 radical (unpaired) electrons. The molecule has 0 bridgehead atoms. The number of halogens is 2. The maximum absolute atomic E-state index is 13.1. The summed E-state index contributed by atoms with van der Waals surface area (Å²) in [5.74, 6) is 0.116. The average molecular weight is 352 g/mol. The maximum Gasteiger partial charge on any atom is 0.586 e. The summed E-state index contributed by atoms with van der Waals surface area (Å²) in [6.07, 6.45) is -1.37. The SMILES string of the molecule is CCCc1ccc(-c2ccc(-c3ccc4c(c3)OC(F)(F)O4)cc2)cc1. The first-order valence-electron chi connectivity index (χ1n) is 8.64. The van der Waals surface area contributed by atoms with Crippen LogP contribution in [0, 0.1) is 0 Å². The van der Waals surface area contributed by atoms with Crippen LogP contribution in [0.2, 0.25) is 0 Å². The van der Waals surface area contributed by atoms with E-state index < -0.39 is 6.29 Å². The number of aryl methyl sites for hydroxylation is 1. The molecule has 0 unspecified atom stereocenters. The van der Waals surface area contributed by atoms with E-state index in [1.807, 2.05) is 24.3 Å². The van der Waals surface area contributed by atoms with Gasteiger partial charge in [0.15, 0.2) is 11.5 Å². The van der Waals surface area contributed by atoms with Crippen LogP contribution in [0.1, 0.15) is 18.9 Å². The second-order valence-corrected chi connectivity index (χ2v) is 6.35. The van der Waals surface area contributed by atoms with Crippen molar-refractivity contribution >= 4 is 0 Å². The van der Waals surface area contributed by atoms with E-state index in [-0.39, 0.29) is 11.5 Å². The summed E-state index contributed by atoms with van der Waals surface area (Å²) in [4.78, 5) is 0. The standard InChI is InChI=1S/C22H18F2O2/c1-2-3-15-4-6-16(7-5-15)17-8-10-18(11-9-17)19-12-13-20-21(14-19)26-22(23,24)25-20/h4-14H,2-3H2,1H3. The van der Waals surface area contributed by atoms with E-state index in [4.69, 9.17) is 0 Å². The van der Waals surface area contributed by atoms with E-state index in [2.05, 4.69) is 40.7 Å². The van der Waals surface area contributed by atoms with Gasteiger partial charge in [-0.25, -0.2) is 0 Å². The van der Waals surface area contributed by atoms with Gasteiger partial charge in [-0.2, -0.15) is 0 Å². The van der Waals surface area contributed by atoms with E-state index in [1.54, 1.807) is 12.1 Å². The predicted molar refractivity (Wildman–Crippen MR) is 97.5 cm³/mol. The Morgan fingerprint density at radius 1 is 0.692 bits per heavy atom. The molecule has 0 fully saturated rings. The second kappa shape index (κ2) is 6.45. The average Bonchev–Trinajstić information content (AvgIpc) is 2.96. The van der Waals surface area contributed by atoms with Crippen molar-refractivity contribution < 1.29 is 18.3 Å². The third kappa shape index (κ3) is 3.27. The number of fused-ring (bicyclic) bond motifs is 1. The predicted octanol–water partition coefficient (Wildman–Crippen LogP) is 6.29. The molecule has 0 aliphatic carbocycles. The number of hydrogen-bond donors (Lipinski definition) is 0. The maximum atomic E-state index is 13.1. The lowest BCUT2D eigenvalue weighted by molar-refractivity contribution is -0.286. The molecule has 4 rings (SSSR count). The van der Waals surface area contributed by atoms with E-state index in [9.17, 15) is 8.78 Å². The van der Waals surface area contributed by atoms with E-state index in [0.717, 1.165) is 35.1 Å². The van der Waals surface area contributed by atoms with Gasteiger partial charge in [-0.3, -0.25) is 0 Å². The van der Waals surface area contributed by atoms with Crippen LogP contribution in [0.5, 0.6) is 11.5 Å². The Morgan fingerprint density at radius 2 is 1.19 bits per heavy atom. The summed E-state index contributed by atoms with van der Waals surface area (Å²) in [6, 6.07) is 21.4. The van der Waals surface area contributed by atoms with Gasteiger partial charge >= 0.3 is 6.29 Å². The van der Waals surface area contributed by atoms with Crippen LogP contribution in [-0.2, 0) is 6.42 Å². The van der Waals surface area contributed by atoms with Gasteiger partial charge in [0.2, 0.25) is 0 Å². The van der Waals surface area contributed by atoms with E-state index in [0.29, 0.717) is 0 Å². The molecule has 4 heteroatoms. The molecule has 0 spiro atoms. The number of ether oxygens (including phenoxy) is 2. The Balaban J connectivity index is 1.57. The molecule has 1 aliphatic heterocycles. The molecule has 0 saturated carbocycles. The molecular weight excluding hydrogens is 334 g/mol. The molecular formula is C22H18F2O2. The summed E-state index contributed by atoms with van der Waals surface area (Å²) in [5, 5.41) is 0. The number of rotatable bonds is 4. The molecule has 26 heavy (non-hydrogen) atoms. The highest BCUT2D eigenvalue weighted by Crippen LogP contribution is 2.43. The van der Waals surface area contributed by atoms with Crippen LogP contribution >= 0.6 is 0 Å². The summed E-state index contributed by atoms with van der Waals surface area (Å²) in [6.45, 7) is 2.17. The lowest BCUT2D eigenvalue weighted by atomic mass is 9.99. The van der Waals surface area contributed by atoms with Crippen molar-refractivity contribution in [1.29, 1.82) is 0 Å². The van der Waals surface area contributed by atoms with Crippen molar-refractivity contribution in [2.75, 3.05) is 0 Å². The molecule has 3 aromatic carbocycles. The summed E-state index contributed by atoms with van der Waals surface area (Å²) in [7, 11) is 0. The molecule has 2 nitrogen and oxygen atoms in total. The third-order valence-electron chi connectivity index (χ3n) is 4.45. The van der Waals surface area contributed by atoms with Gasteiger partial charge in [-0.05, 0) is 46.4 Å². The lowest BCUT2D eigenvalue weighted by Gasteiger charge is -2.07. The largest absolute Gasteiger partial charge is 0.586 e. The summed E-state index contributed by atoms with van der Waals surface area (Å²) in [5.41, 5.74) is 5.34. The fourth-order valence-electron chi connectivity index (χ4n) is 3.14. The fourth-order valence-corrected chi connectivity index (χ4v) is 3.14. The Kier molecular flexibility index (Phi) is 4.11. The van der Waals surface area contributed by atoms with Crippen LogP contribution in [-0.4, -0.2) is 6.29 Å². The van der Waals surface area contributed by atoms with E-state index >= 15 is 0 Å². The van der Waals surface area contributed by atoms with Crippen molar-refractivity contribution in [3.8, 4) is 33.8 Å². The van der Waals surface area contributed by atoms with Crippen LogP contribution in [0.15, 0.2) is 66.7 Å². The van der Waals surface area contributed by atoms with Gasteiger partial charge in [-0.1, -0.05) is 67.9 Å². The first-order valence-corrected chi connectivity index (χ1v) is 8.64. The van der Waals surface area contributed by atoms with Crippen LogP contribution in [0.4, 0.5) is 8.78 Å². The monoisotopic (exact) mass is 352 g/mol. The molecule has 0 aromatic heterocycles. The summed E-state index contributed by atoms with van der Waals surface area (Å²) >= 11 is 0. The zero-order valence-electron chi connectivity index (χ0n) is 14.3. The van der Waals surface area contributed by atoms with Gasteiger partial charge in [0.05, 0.1) is 0 Å². The smallest absolute Gasteiger partial charge is 0.395 e. The quantitative estimate of drug-likeness (QED) is 0.549. The van der Waals surface area contributed by atoms with Crippen molar-refractivity contribution in [2.24, 2.45) is 0 Å². The molecule has 0 N–H and O–H groups in total. The van der Waals surface area contributed by atoms with Gasteiger partial charge in [0.1, 0.15) is 0 Å². The zero-order chi connectivity index (χ0) is 18.1. The minimum Gasteiger partial charge on any atom is -0.395 e. The topological polar surface area (TPSA) is 18.5 Å².